The van der Waals surface area contributed by atoms with Crippen molar-refractivity contribution in [2.45, 2.75) is 59.8 Å². The minimum absolute atomic E-state index is 0.511. The maximum atomic E-state index is 2.51. The van der Waals surface area contributed by atoms with Crippen LogP contribution in [0, 0.1) is 11.3 Å². The third-order valence-corrected chi connectivity index (χ3v) is 4.33. The molecular weight excluding hydrogens is 180 g/mol. The Morgan fingerprint density at radius 3 is 2.60 bits per heavy atom. The molecule has 0 aromatic heterocycles. The highest BCUT2D eigenvalue weighted by Gasteiger charge is 2.36. The third kappa shape index (κ3) is 1.91. The topological polar surface area (TPSA) is 0 Å². The van der Waals surface area contributed by atoms with Gasteiger partial charge in [-0.05, 0) is 55.9 Å². The molecule has 0 bridgehead atoms. The summed E-state index contributed by atoms with van der Waals surface area (Å²) in [5, 5.41) is 0. The van der Waals surface area contributed by atoms with Crippen molar-refractivity contribution >= 4 is 0 Å². The smallest absolute Gasteiger partial charge is 0.00725 e. The average Bonchev–Trinajstić information content (AvgIpc) is 2.37. The lowest BCUT2D eigenvalue weighted by Crippen LogP contribution is -2.13. The van der Waals surface area contributed by atoms with Crippen molar-refractivity contribution in [3.05, 3.63) is 22.8 Å². The molecule has 1 atom stereocenters. The molecule has 0 aromatic carbocycles. The van der Waals surface area contributed by atoms with Crippen LogP contribution >= 0.6 is 0 Å². The molecule has 0 spiro atoms. The Hall–Kier alpha value is -0.520. The number of fused-ring (bicyclic) bond motifs is 1. The molecule has 84 valence electrons. The SMILES string of the molecule is CC1=CC2=C(C(C)C)CCC2(C)CCC1. The van der Waals surface area contributed by atoms with Gasteiger partial charge in [0.25, 0.3) is 0 Å². The molecular formula is C15H24. The molecule has 0 aliphatic heterocycles. The molecule has 0 heterocycles. The second-order valence-electron chi connectivity index (χ2n) is 6.00. The van der Waals surface area contributed by atoms with Crippen molar-refractivity contribution in [3.8, 4) is 0 Å². The van der Waals surface area contributed by atoms with E-state index in [9.17, 15) is 0 Å². The largest absolute Gasteiger partial charge is 0.0730 e. The van der Waals surface area contributed by atoms with Crippen molar-refractivity contribution in [1.29, 1.82) is 0 Å². The summed E-state index contributed by atoms with van der Waals surface area (Å²) in [6.45, 7) is 9.48. The molecule has 2 aliphatic rings. The minimum atomic E-state index is 0.511. The fraction of sp³-hybridized carbons (Fsp3) is 0.733. The maximum absolute atomic E-state index is 2.51. The van der Waals surface area contributed by atoms with Crippen LogP contribution in [0.5, 0.6) is 0 Å². The molecule has 0 aromatic rings. The lowest BCUT2D eigenvalue weighted by atomic mass is 9.79. The van der Waals surface area contributed by atoms with E-state index in [4.69, 9.17) is 0 Å². The van der Waals surface area contributed by atoms with Gasteiger partial charge in [-0.1, -0.05) is 38.0 Å². The quantitative estimate of drug-likeness (QED) is 0.571. The van der Waals surface area contributed by atoms with Crippen LogP contribution in [0.25, 0.3) is 0 Å². The lowest BCUT2D eigenvalue weighted by molar-refractivity contribution is 0.363. The highest BCUT2D eigenvalue weighted by Crippen LogP contribution is 2.50. The molecule has 2 aliphatic carbocycles. The van der Waals surface area contributed by atoms with Crippen LogP contribution in [0.3, 0.4) is 0 Å². The highest BCUT2D eigenvalue weighted by atomic mass is 14.4. The summed E-state index contributed by atoms with van der Waals surface area (Å²) in [5.74, 6) is 0.740. The molecule has 0 heteroatoms. The van der Waals surface area contributed by atoms with E-state index >= 15 is 0 Å². The molecule has 0 saturated heterocycles. The first kappa shape index (κ1) is 11.0. The van der Waals surface area contributed by atoms with Crippen molar-refractivity contribution < 1.29 is 0 Å². The van der Waals surface area contributed by atoms with Gasteiger partial charge in [0.2, 0.25) is 0 Å². The van der Waals surface area contributed by atoms with Crippen LogP contribution in [-0.2, 0) is 0 Å². The van der Waals surface area contributed by atoms with Crippen LogP contribution in [0.2, 0.25) is 0 Å². The Kier molecular flexibility index (Phi) is 2.79. The normalized spacial score (nSPS) is 31.7. The summed E-state index contributed by atoms with van der Waals surface area (Å²) >= 11 is 0. The van der Waals surface area contributed by atoms with E-state index in [2.05, 4.69) is 33.8 Å². The summed E-state index contributed by atoms with van der Waals surface area (Å²) in [6, 6.07) is 0. The first-order valence-electron chi connectivity index (χ1n) is 6.43. The zero-order valence-electron chi connectivity index (χ0n) is 10.7. The minimum Gasteiger partial charge on any atom is -0.0730 e. The number of allylic oxidation sites excluding steroid dienone is 4. The Morgan fingerprint density at radius 2 is 1.93 bits per heavy atom. The van der Waals surface area contributed by atoms with Crippen molar-refractivity contribution in [2.75, 3.05) is 0 Å². The van der Waals surface area contributed by atoms with Crippen LogP contribution in [0.4, 0.5) is 0 Å². The third-order valence-electron chi connectivity index (χ3n) is 4.33. The van der Waals surface area contributed by atoms with E-state index in [1.165, 1.54) is 32.1 Å². The van der Waals surface area contributed by atoms with Gasteiger partial charge in [-0.15, -0.1) is 0 Å². The van der Waals surface area contributed by atoms with Gasteiger partial charge >= 0.3 is 0 Å². The van der Waals surface area contributed by atoms with E-state index in [0.29, 0.717) is 5.41 Å². The van der Waals surface area contributed by atoms with Crippen molar-refractivity contribution in [2.24, 2.45) is 11.3 Å². The first-order valence-corrected chi connectivity index (χ1v) is 6.43. The first-order chi connectivity index (χ1) is 7.03. The maximum Gasteiger partial charge on any atom is -0.00725 e. The van der Waals surface area contributed by atoms with Crippen LogP contribution < -0.4 is 0 Å². The van der Waals surface area contributed by atoms with Gasteiger partial charge in [-0.25, -0.2) is 0 Å². The predicted octanol–water partition coefficient (Wildman–Crippen LogP) is 4.87. The number of hydrogen-bond acceptors (Lipinski definition) is 0. The van der Waals surface area contributed by atoms with Crippen molar-refractivity contribution in [1.82, 2.24) is 0 Å². The fourth-order valence-electron chi connectivity index (χ4n) is 3.27. The number of hydrogen-bond donors (Lipinski definition) is 0. The molecule has 0 N–H and O–H groups in total. The zero-order chi connectivity index (χ0) is 11.1. The van der Waals surface area contributed by atoms with Crippen LogP contribution in [-0.4, -0.2) is 0 Å². The van der Waals surface area contributed by atoms with Crippen LogP contribution in [0.1, 0.15) is 59.8 Å². The zero-order valence-corrected chi connectivity index (χ0v) is 10.7. The Morgan fingerprint density at radius 1 is 1.20 bits per heavy atom. The molecule has 0 amide bonds. The molecule has 15 heavy (non-hydrogen) atoms. The Bertz CT molecular complexity index is 317. The summed E-state index contributed by atoms with van der Waals surface area (Å²) in [5.41, 5.74) is 5.54. The van der Waals surface area contributed by atoms with E-state index < -0.39 is 0 Å². The monoisotopic (exact) mass is 204 g/mol. The Labute approximate surface area is 94.5 Å². The molecule has 1 unspecified atom stereocenters. The second-order valence-corrected chi connectivity index (χ2v) is 6.00. The Balaban J connectivity index is 2.45. The van der Waals surface area contributed by atoms with E-state index in [1.807, 2.05) is 0 Å². The van der Waals surface area contributed by atoms with E-state index in [0.717, 1.165) is 5.92 Å². The summed E-state index contributed by atoms with van der Waals surface area (Å²) in [7, 11) is 0. The highest BCUT2D eigenvalue weighted by molar-refractivity contribution is 5.40. The molecule has 2 rings (SSSR count). The van der Waals surface area contributed by atoms with Gasteiger partial charge in [0.05, 0.1) is 0 Å². The second kappa shape index (κ2) is 3.81. The van der Waals surface area contributed by atoms with Crippen molar-refractivity contribution in [3.63, 3.8) is 0 Å². The van der Waals surface area contributed by atoms with Gasteiger partial charge in [0.1, 0.15) is 0 Å². The summed E-state index contributed by atoms with van der Waals surface area (Å²) in [6.07, 6.45) is 9.33. The standard InChI is InChI=1S/C15H24/c1-11(2)13-7-9-15(4)8-5-6-12(3)10-14(13)15/h10-11H,5-9H2,1-4H3. The summed E-state index contributed by atoms with van der Waals surface area (Å²) in [4.78, 5) is 0. The lowest BCUT2D eigenvalue weighted by Gasteiger charge is -2.25. The van der Waals surface area contributed by atoms with Crippen LogP contribution in [0.15, 0.2) is 22.8 Å². The fourth-order valence-corrected chi connectivity index (χ4v) is 3.27. The molecule has 0 nitrogen and oxygen atoms in total. The van der Waals surface area contributed by atoms with Gasteiger partial charge in [0.15, 0.2) is 0 Å². The van der Waals surface area contributed by atoms with E-state index in [1.54, 1.807) is 16.7 Å². The molecule has 0 radical (unpaired) electrons. The predicted molar refractivity (Wildman–Crippen MR) is 66.8 cm³/mol. The van der Waals surface area contributed by atoms with Gasteiger partial charge in [-0.2, -0.15) is 0 Å². The average molecular weight is 204 g/mol. The van der Waals surface area contributed by atoms with Gasteiger partial charge in [-0.3, -0.25) is 0 Å². The molecule has 0 fully saturated rings. The number of rotatable bonds is 1. The van der Waals surface area contributed by atoms with Gasteiger partial charge in [0, 0.05) is 0 Å². The van der Waals surface area contributed by atoms with E-state index in [-0.39, 0.29) is 0 Å². The molecule has 0 saturated carbocycles. The van der Waals surface area contributed by atoms with Gasteiger partial charge < -0.3 is 0 Å². The summed E-state index contributed by atoms with van der Waals surface area (Å²) < 4.78 is 0.